The Morgan fingerprint density at radius 3 is 2.79 bits per heavy atom. The number of ether oxygens (including phenoxy) is 1. The second kappa shape index (κ2) is 9.37. The van der Waals surface area contributed by atoms with E-state index in [2.05, 4.69) is 38.8 Å². The van der Waals surface area contributed by atoms with E-state index in [1.54, 1.807) is 17.6 Å². The Labute approximate surface area is 168 Å². The van der Waals surface area contributed by atoms with Crippen molar-refractivity contribution in [1.82, 2.24) is 14.5 Å². The van der Waals surface area contributed by atoms with Crippen LogP contribution in [0.2, 0.25) is 0 Å². The predicted octanol–water partition coefficient (Wildman–Crippen LogP) is 5.24. The summed E-state index contributed by atoms with van der Waals surface area (Å²) in [5.41, 5.74) is 2.30. The fourth-order valence-corrected chi connectivity index (χ4v) is 3.67. The Bertz CT molecular complexity index is 944. The molecular weight excluding hydrogens is 370 g/mol. The number of thiophene rings is 1. The lowest BCUT2D eigenvalue weighted by atomic mass is 10.1. The van der Waals surface area contributed by atoms with E-state index in [0.29, 0.717) is 12.5 Å². The maximum absolute atomic E-state index is 5.86. The minimum Gasteiger partial charge on any atom is -0.494 e. The van der Waals surface area contributed by atoms with Gasteiger partial charge in [0.05, 0.1) is 23.5 Å². The fourth-order valence-electron chi connectivity index (χ4n) is 3.02. The van der Waals surface area contributed by atoms with Crippen molar-refractivity contribution < 1.29 is 9.15 Å². The summed E-state index contributed by atoms with van der Waals surface area (Å²) in [6.45, 7) is 1.66. The standard InChI is InChI=1S/C22H23N3O2S/c1(12-25-13-11-23-17-25)4-18-7-9-20(10-8-18)26-14-2-5-19-16-27-22(24-19)21-6-3-15-28-21/h3,6-11,13,15-17H,1-2,4-5,12,14H2. The lowest BCUT2D eigenvalue weighted by molar-refractivity contribution is 0.310. The first kappa shape index (κ1) is 18.5. The predicted molar refractivity (Wildman–Crippen MR) is 111 cm³/mol. The smallest absolute Gasteiger partial charge is 0.236 e. The Balaban J connectivity index is 1.16. The highest BCUT2D eigenvalue weighted by molar-refractivity contribution is 7.13. The van der Waals surface area contributed by atoms with Gasteiger partial charge in [-0.05, 0) is 54.8 Å². The molecule has 0 amide bonds. The van der Waals surface area contributed by atoms with Crippen LogP contribution < -0.4 is 4.74 Å². The van der Waals surface area contributed by atoms with Gasteiger partial charge in [0.25, 0.3) is 0 Å². The Kier molecular flexibility index (Phi) is 6.19. The highest BCUT2D eigenvalue weighted by Crippen LogP contribution is 2.24. The topological polar surface area (TPSA) is 53.1 Å². The van der Waals surface area contributed by atoms with E-state index in [4.69, 9.17) is 9.15 Å². The van der Waals surface area contributed by atoms with E-state index in [0.717, 1.165) is 48.5 Å². The molecule has 0 radical (unpaired) electrons. The van der Waals surface area contributed by atoms with E-state index in [9.17, 15) is 0 Å². The highest BCUT2D eigenvalue weighted by atomic mass is 32.1. The first-order valence-corrected chi connectivity index (χ1v) is 10.4. The maximum atomic E-state index is 5.86. The number of aryl methyl sites for hydroxylation is 3. The number of benzene rings is 1. The number of hydrogen-bond acceptors (Lipinski definition) is 5. The van der Waals surface area contributed by atoms with Crippen LogP contribution in [-0.2, 0) is 19.4 Å². The second-order valence-corrected chi connectivity index (χ2v) is 7.57. The highest BCUT2D eigenvalue weighted by Gasteiger charge is 2.07. The third kappa shape index (κ3) is 5.10. The molecule has 3 aromatic heterocycles. The molecule has 0 spiro atoms. The van der Waals surface area contributed by atoms with Crippen LogP contribution in [-0.4, -0.2) is 21.1 Å². The molecule has 0 aliphatic rings. The number of rotatable bonds is 10. The lowest BCUT2D eigenvalue weighted by Gasteiger charge is -2.07. The molecule has 4 aromatic rings. The summed E-state index contributed by atoms with van der Waals surface area (Å²) in [4.78, 5) is 9.67. The second-order valence-electron chi connectivity index (χ2n) is 6.62. The number of hydrogen-bond donors (Lipinski definition) is 0. The van der Waals surface area contributed by atoms with Gasteiger partial charge in [0.15, 0.2) is 0 Å². The average Bonchev–Trinajstić information content (AvgIpc) is 3.48. The van der Waals surface area contributed by atoms with E-state index < -0.39 is 0 Å². The first-order valence-electron chi connectivity index (χ1n) is 9.52. The minimum absolute atomic E-state index is 0.668. The van der Waals surface area contributed by atoms with Crippen molar-refractivity contribution in [3.63, 3.8) is 0 Å². The molecular formula is C22H23N3O2S. The van der Waals surface area contributed by atoms with Gasteiger partial charge in [0.2, 0.25) is 5.89 Å². The summed E-state index contributed by atoms with van der Waals surface area (Å²) >= 11 is 1.64. The summed E-state index contributed by atoms with van der Waals surface area (Å²) in [6.07, 6.45) is 11.3. The van der Waals surface area contributed by atoms with Gasteiger partial charge in [-0.1, -0.05) is 18.2 Å². The minimum atomic E-state index is 0.668. The van der Waals surface area contributed by atoms with Crippen LogP contribution in [0.25, 0.3) is 10.8 Å². The van der Waals surface area contributed by atoms with Crippen molar-refractivity contribution in [3.05, 3.63) is 78.0 Å². The molecule has 1 aromatic carbocycles. The molecule has 28 heavy (non-hydrogen) atoms. The van der Waals surface area contributed by atoms with E-state index >= 15 is 0 Å². The molecule has 4 rings (SSSR count). The summed E-state index contributed by atoms with van der Waals surface area (Å²) < 4.78 is 13.5. The van der Waals surface area contributed by atoms with Gasteiger partial charge in [-0.15, -0.1) is 11.3 Å². The molecule has 0 saturated carbocycles. The van der Waals surface area contributed by atoms with Gasteiger partial charge in [-0.25, -0.2) is 9.97 Å². The van der Waals surface area contributed by atoms with Gasteiger partial charge in [-0.3, -0.25) is 0 Å². The van der Waals surface area contributed by atoms with Crippen molar-refractivity contribution in [3.8, 4) is 16.5 Å². The van der Waals surface area contributed by atoms with E-state index in [1.807, 2.05) is 36.2 Å². The van der Waals surface area contributed by atoms with Gasteiger partial charge in [0, 0.05) is 18.9 Å². The number of nitrogens with zero attached hydrogens (tertiary/aromatic N) is 3. The molecule has 6 heteroatoms. The summed E-state index contributed by atoms with van der Waals surface area (Å²) in [5.74, 6) is 1.62. The molecule has 5 nitrogen and oxygen atoms in total. The third-order valence-electron chi connectivity index (χ3n) is 4.49. The summed E-state index contributed by atoms with van der Waals surface area (Å²) in [6, 6.07) is 12.4. The third-order valence-corrected chi connectivity index (χ3v) is 5.35. The van der Waals surface area contributed by atoms with Crippen LogP contribution >= 0.6 is 11.3 Å². The molecule has 0 N–H and O–H groups in total. The maximum Gasteiger partial charge on any atom is 0.236 e. The van der Waals surface area contributed by atoms with Crippen LogP contribution in [0.3, 0.4) is 0 Å². The van der Waals surface area contributed by atoms with Gasteiger partial charge in [0.1, 0.15) is 12.0 Å². The van der Waals surface area contributed by atoms with Gasteiger partial charge in [-0.2, -0.15) is 0 Å². The van der Waals surface area contributed by atoms with Crippen molar-refractivity contribution in [1.29, 1.82) is 0 Å². The van der Waals surface area contributed by atoms with Crippen molar-refractivity contribution in [2.24, 2.45) is 0 Å². The zero-order valence-electron chi connectivity index (χ0n) is 15.7. The van der Waals surface area contributed by atoms with Gasteiger partial charge < -0.3 is 13.7 Å². The number of imidazole rings is 1. The SMILES string of the molecule is c1csc(-c2nc(CCCOc3ccc(CCCn4ccnc4)cc3)co2)c1. The Morgan fingerprint density at radius 2 is 2.00 bits per heavy atom. The van der Waals surface area contributed by atoms with E-state index in [1.165, 1.54) is 5.56 Å². The Morgan fingerprint density at radius 1 is 1.07 bits per heavy atom. The summed E-state index contributed by atoms with van der Waals surface area (Å²) in [5, 5.41) is 2.03. The van der Waals surface area contributed by atoms with Crippen LogP contribution in [0.15, 0.2) is 71.2 Å². The molecule has 0 aliphatic carbocycles. The lowest BCUT2D eigenvalue weighted by Crippen LogP contribution is -2.00. The van der Waals surface area contributed by atoms with Crippen LogP contribution in [0.1, 0.15) is 24.1 Å². The largest absolute Gasteiger partial charge is 0.494 e. The van der Waals surface area contributed by atoms with Crippen molar-refractivity contribution in [2.75, 3.05) is 6.61 Å². The van der Waals surface area contributed by atoms with E-state index in [-0.39, 0.29) is 0 Å². The van der Waals surface area contributed by atoms with Gasteiger partial charge >= 0.3 is 0 Å². The molecule has 0 bridgehead atoms. The molecule has 0 unspecified atom stereocenters. The molecule has 144 valence electrons. The first-order chi connectivity index (χ1) is 13.9. The normalized spacial score (nSPS) is 11.0. The molecule has 0 fully saturated rings. The molecule has 0 aliphatic heterocycles. The van der Waals surface area contributed by atoms with Crippen LogP contribution in [0.5, 0.6) is 5.75 Å². The number of aromatic nitrogens is 3. The van der Waals surface area contributed by atoms with Crippen LogP contribution in [0, 0.1) is 0 Å². The van der Waals surface area contributed by atoms with Crippen LogP contribution in [0.4, 0.5) is 0 Å². The Hall–Kier alpha value is -2.86. The zero-order valence-corrected chi connectivity index (χ0v) is 16.5. The number of oxazole rings is 1. The quantitative estimate of drug-likeness (QED) is 0.346. The molecule has 0 saturated heterocycles. The zero-order chi connectivity index (χ0) is 19.0. The fraction of sp³-hybridized carbons (Fsp3) is 0.273. The average molecular weight is 394 g/mol. The van der Waals surface area contributed by atoms with Crippen molar-refractivity contribution in [2.45, 2.75) is 32.2 Å². The van der Waals surface area contributed by atoms with Crippen molar-refractivity contribution >= 4 is 11.3 Å². The monoisotopic (exact) mass is 393 g/mol. The summed E-state index contributed by atoms with van der Waals surface area (Å²) in [7, 11) is 0. The molecule has 0 atom stereocenters. The molecule has 3 heterocycles.